The second-order valence-corrected chi connectivity index (χ2v) is 6.65. The number of rotatable bonds is 4. The minimum Gasteiger partial charge on any atom is -0.461 e. The van der Waals surface area contributed by atoms with Gasteiger partial charge in [-0.15, -0.1) is 0 Å². The summed E-state index contributed by atoms with van der Waals surface area (Å²) in [5, 5.41) is 0. The standard InChI is InChI=1S/C21H22N2O2/c1-2-14-24-19(3-1)15-25-21-22-13-12-20(23-21)18-10-8-17(9-11-18)7-6-16-4-5-16/h8-13,16,19H,1-5,14-15H2. The van der Waals surface area contributed by atoms with E-state index in [-0.39, 0.29) is 6.10 Å². The van der Waals surface area contributed by atoms with Crippen LogP contribution in [-0.4, -0.2) is 29.3 Å². The van der Waals surface area contributed by atoms with Crippen molar-refractivity contribution in [1.29, 1.82) is 0 Å². The molecule has 2 fully saturated rings. The molecular weight excluding hydrogens is 312 g/mol. The molecule has 1 saturated carbocycles. The molecule has 1 aliphatic heterocycles. The van der Waals surface area contributed by atoms with Gasteiger partial charge in [0.1, 0.15) is 6.61 Å². The van der Waals surface area contributed by atoms with Gasteiger partial charge >= 0.3 is 6.01 Å². The molecule has 25 heavy (non-hydrogen) atoms. The zero-order chi connectivity index (χ0) is 16.9. The number of hydrogen-bond acceptors (Lipinski definition) is 4. The first-order valence-corrected chi connectivity index (χ1v) is 9.06. The van der Waals surface area contributed by atoms with Crippen molar-refractivity contribution in [2.75, 3.05) is 13.2 Å². The van der Waals surface area contributed by atoms with E-state index in [1.54, 1.807) is 6.20 Å². The van der Waals surface area contributed by atoms with Gasteiger partial charge in [0.05, 0.1) is 11.8 Å². The zero-order valence-electron chi connectivity index (χ0n) is 14.3. The van der Waals surface area contributed by atoms with Gasteiger partial charge in [0.25, 0.3) is 0 Å². The van der Waals surface area contributed by atoms with Crippen LogP contribution in [0.2, 0.25) is 0 Å². The largest absolute Gasteiger partial charge is 0.461 e. The fraction of sp³-hybridized carbons (Fsp3) is 0.429. The number of nitrogens with zero attached hydrogens (tertiary/aromatic N) is 2. The van der Waals surface area contributed by atoms with Crippen LogP contribution in [0, 0.1) is 17.8 Å². The first-order valence-electron chi connectivity index (χ1n) is 9.06. The van der Waals surface area contributed by atoms with Crippen LogP contribution < -0.4 is 4.74 Å². The van der Waals surface area contributed by atoms with Gasteiger partial charge in [0, 0.05) is 29.8 Å². The number of ether oxygens (including phenoxy) is 2. The molecule has 0 amide bonds. The smallest absolute Gasteiger partial charge is 0.316 e. The molecular formula is C21H22N2O2. The molecule has 128 valence electrons. The van der Waals surface area contributed by atoms with Crippen LogP contribution in [0.4, 0.5) is 0 Å². The summed E-state index contributed by atoms with van der Waals surface area (Å²) in [7, 11) is 0. The first-order chi connectivity index (χ1) is 12.4. The zero-order valence-corrected chi connectivity index (χ0v) is 14.3. The summed E-state index contributed by atoms with van der Waals surface area (Å²) in [5.41, 5.74) is 2.95. The summed E-state index contributed by atoms with van der Waals surface area (Å²) in [6.07, 6.45) is 7.78. The van der Waals surface area contributed by atoms with Crippen LogP contribution in [-0.2, 0) is 4.74 Å². The molecule has 0 N–H and O–H groups in total. The van der Waals surface area contributed by atoms with E-state index in [9.17, 15) is 0 Å². The third-order valence-electron chi connectivity index (χ3n) is 4.48. The van der Waals surface area contributed by atoms with Crippen molar-refractivity contribution in [2.24, 2.45) is 5.92 Å². The lowest BCUT2D eigenvalue weighted by Crippen LogP contribution is -2.26. The number of benzene rings is 1. The van der Waals surface area contributed by atoms with Crippen LogP contribution in [0.5, 0.6) is 6.01 Å². The Balaban J connectivity index is 1.40. The van der Waals surface area contributed by atoms with Gasteiger partial charge in [0.15, 0.2) is 0 Å². The second kappa shape index (κ2) is 7.67. The van der Waals surface area contributed by atoms with E-state index < -0.39 is 0 Å². The van der Waals surface area contributed by atoms with Crippen LogP contribution in [0.15, 0.2) is 36.5 Å². The summed E-state index contributed by atoms with van der Waals surface area (Å²) >= 11 is 0. The Bertz CT molecular complexity index is 766. The molecule has 1 saturated heterocycles. The lowest BCUT2D eigenvalue weighted by atomic mass is 10.1. The summed E-state index contributed by atoms with van der Waals surface area (Å²) in [6, 6.07) is 10.5. The molecule has 4 heteroatoms. The molecule has 1 atom stereocenters. The predicted molar refractivity (Wildman–Crippen MR) is 96.2 cm³/mol. The fourth-order valence-corrected chi connectivity index (χ4v) is 2.81. The van der Waals surface area contributed by atoms with E-state index in [0.29, 0.717) is 18.5 Å². The third kappa shape index (κ3) is 4.58. The van der Waals surface area contributed by atoms with Crippen molar-refractivity contribution in [3.05, 3.63) is 42.1 Å². The molecule has 4 rings (SSSR count). The molecule has 0 spiro atoms. The maximum Gasteiger partial charge on any atom is 0.316 e. The van der Waals surface area contributed by atoms with Gasteiger partial charge in [-0.2, -0.15) is 4.98 Å². The van der Waals surface area contributed by atoms with E-state index in [1.165, 1.54) is 19.3 Å². The molecule has 1 aromatic carbocycles. The van der Waals surface area contributed by atoms with E-state index in [2.05, 4.69) is 21.8 Å². The van der Waals surface area contributed by atoms with Crippen LogP contribution >= 0.6 is 0 Å². The van der Waals surface area contributed by atoms with Crippen LogP contribution in [0.3, 0.4) is 0 Å². The Morgan fingerprint density at radius 3 is 2.72 bits per heavy atom. The topological polar surface area (TPSA) is 44.2 Å². The quantitative estimate of drug-likeness (QED) is 0.797. The Morgan fingerprint density at radius 2 is 1.96 bits per heavy atom. The van der Waals surface area contributed by atoms with Crippen molar-refractivity contribution in [3.8, 4) is 29.1 Å². The first kappa shape index (κ1) is 16.1. The van der Waals surface area contributed by atoms with E-state index >= 15 is 0 Å². The van der Waals surface area contributed by atoms with Gasteiger partial charge in [-0.1, -0.05) is 24.0 Å². The second-order valence-electron chi connectivity index (χ2n) is 6.65. The van der Waals surface area contributed by atoms with Crippen LogP contribution in [0.25, 0.3) is 11.3 Å². The lowest BCUT2D eigenvalue weighted by molar-refractivity contribution is -0.0128. The van der Waals surface area contributed by atoms with Crippen molar-refractivity contribution in [1.82, 2.24) is 9.97 Å². The van der Waals surface area contributed by atoms with Gasteiger partial charge in [-0.3, -0.25) is 0 Å². The fourth-order valence-electron chi connectivity index (χ4n) is 2.81. The average Bonchev–Trinajstić information content (AvgIpc) is 3.51. The lowest BCUT2D eigenvalue weighted by Gasteiger charge is -2.22. The van der Waals surface area contributed by atoms with Gasteiger partial charge < -0.3 is 9.47 Å². The summed E-state index contributed by atoms with van der Waals surface area (Å²) < 4.78 is 11.4. The predicted octanol–water partition coefficient (Wildman–Crippen LogP) is 3.85. The summed E-state index contributed by atoms with van der Waals surface area (Å²) in [4.78, 5) is 8.73. The molecule has 2 heterocycles. The minimum absolute atomic E-state index is 0.158. The minimum atomic E-state index is 0.158. The summed E-state index contributed by atoms with van der Waals surface area (Å²) in [5.74, 6) is 7.13. The highest BCUT2D eigenvalue weighted by atomic mass is 16.5. The van der Waals surface area contributed by atoms with E-state index in [4.69, 9.17) is 9.47 Å². The van der Waals surface area contributed by atoms with E-state index in [1.807, 2.05) is 30.3 Å². The third-order valence-corrected chi connectivity index (χ3v) is 4.48. The maximum atomic E-state index is 5.73. The maximum absolute atomic E-state index is 5.73. The Morgan fingerprint density at radius 1 is 1.08 bits per heavy atom. The molecule has 0 radical (unpaired) electrons. The molecule has 1 unspecified atom stereocenters. The van der Waals surface area contributed by atoms with Gasteiger partial charge in [-0.05, 0) is 50.3 Å². The average molecular weight is 334 g/mol. The molecule has 2 aromatic rings. The van der Waals surface area contributed by atoms with Gasteiger partial charge in [0.2, 0.25) is 0 Å². The molecule has 1 aromatic heterocycles. The Labute approximate surface area is 148 Å². The molecule has 1 aliphatic carbocycles. The normalized spacial score (nSPS) is 19.8. The van der Waals surface area contributed by atoms with Crippen molar-refractivity contribution >= 4 is 0 Å². The highest BCUT2D eigenvalue weighted by Crippen LogP contribution is 2.27. The monoisotopic (exact) mass is 334 g/mol. The Kier molecular flexibility index (Phi) is 4.94. The highest BCUT2D eigenvalue weighted by molar-refractivity contribution is 5.60. The summed E-state index contributed by atoms with van der Waals surface area (Å²) in [6.45, 7) is 1.34. The van der Waals surface area contributed by atoms with Crippen LogP contribution in [0.1, 0.15) is 37.7 Å². The van der Waals surface area contributed by atoms with Gasteiger partial charge in [-0.25, -0.2) is 4.98 Å². The number of hydrogen-bond donors (Lipinski definition) is 0. The Hall–Kier alpha value is -2.38. The van der Waals surface area contributed by atoms with E-state index in [0.717, 1.165) is 36.3 Å². The highest BCUT2D eigenvalue weighted by Gasteiger charge is 2.17. The van der Waals surface area contributed by atoms with Crippen molar-refractivity contribution in [3.63, 3.8) is 0 Å². The number of aromatic nitrogens is 2. The van der Waals surface area contributed by atoms with Crippen molar-refractivity contribution < 1.29 is 9.47 Å². The van der Waals surface area contributed by atoms with Crippen molar-refractivity contribution in [2.45, 2.75) is 38.2 Å². The molecule has 4 nitrogen and oxygen atoms in total. The molecule has 0 bridgehead atoms. The SMILES string of the molecule is C(#CC1CC1)c1ccc(-c2ccnc(OCC3CCCCO3)n2)cc1. The molecule has 2 aliphatic rings.